The number of carbonyl (C=O) groups is 5. The third-order valence-electron chi connectivity index (χ3n) is 11.3. The van der Waals surface area contributed by atoms with Gasteiger partial charge in [0, 0.05) is 68.7 Å². The minimum atomic E-state index is -0.493. The van der Waals surface area contributed by atoms with Crippen LogP contribution in [0.3, 0.4) is 0 Å². The number of methoxy groups -OCH3 is 3. The first-order valence-electron chi connectivity index (χ1n) is 19.0. The van der Waals surface area contributed by atoms with Crippen LogP contribution in [0.5, 0.6) is 0 Å². The van der Waals surface area contributed by atoms with Crippen LogP contribution in [-0.2, 0) is 33.4 Å². The van der Waals surface area contributed by atoms with Gasteiger partial charge in [0.25, 0.3) is 0 Å². The first kappa shape index (κ1) is 40.1. The standard InChI is InChI=1S/C22H28N2O5.C20H26N2O3/c1-15(25)23-12-10-16(11-13-23)8-9-18(21(26)28-2)19-14-24(22(27)29-3)20-7-5-4-6-17(19)20;1-14(23)22-11-9-15(10-12-22)7-8-17(20(24)25-2)18-13-21-19-6-4-3-5-16(18)19/h4-7,14,16,18H,8-13H2,1-3H3;3-6,13,15,17,21H,7-12H2,1-2H3. The molecular weight excluding hydrogens is 688 g/mol. The lowest BCUT2D eigenvalue weighted by Gasteiger charge is -2.31. The summed E-state index contributed by atoms with van der Waals surface area (Å²) in [5.41, 5.74) is 3.54. The SMILES string of the molecule is COC(=O)C(CCC1CCN(C(C)=O)CC1)c1c[nH]c2ccccc12.COC(=O)C(CCC1CCN(C(C)=O)CC1)c1cn(C(=O)OC)c2ccccc12. The summed E-state index contributed by atoms with van der Waals surface area (Å²) >= 11 is 0. The number of ether oxygens (including phenoxy) is 3. The molecule has 12 nitrogen and oxygen atoms in total. The Hall–Kier alpha value is -5.13. The number of amides is 2. The molecule has 0 saturated carbocycles. The molecule has 2 fully saturated rings. The minimum absolute atomic E-state index is 0.117. The van der Waals surface area contributed by atoms with Gasteiger partial charge in [0.1, 0.15) is 0 Å². The Morgan fingerprint density at radius 2 is 1.15 bits per heavy atom. The third-order valence-corrected chi connectivity index (χ3v) is 11.3. The number of likely N-dealkylation sites (tertiary alicyclic amines) is 2. The van der Waals surface area contributed by atoms with E-state index in [4.69, 9.17) is 14.2 Å². The first-order chi connectivity index (χ1) is 26.1. The number of aromatic nitrogens is 2. The lowest BCUT2D eigenvalue weighted by Crippen LogP contribution is -2.37. The van der Waals surface area contributed by atoms with Gasteiger partial charge in [-0.05, 0) is 86.5 Å². The number of fused-ring (bicyclic) bond motifs is 2. The summed E-state index contributed by atoms with van der Waals surface area (Å²) in [5, 5.41) is 1.93. The van der Waals surface area contributed by atoms with Crippen molar-refractivity contribution in [1.29, 1.82) is 0 Å². The van der Waals surface area contributed by atoms with Crippen molar-refractivity contribution in [2.75, 3.05) is 47.5 Å². The zero-order valence-electron chi connectivity index (χ0n) is 32.2. The highest BCUT2D eigenvalue weighted by Gasteiger charge is 2.30. The molecule has 2 aromatic carbocycles. The summed E-state index contributed by atoms with van der Waals surface area (Å²) in [6.07, 6.45) is 10.3. The van der Waals surface area contributed by atoms with E-state index < -0.39 is 12.0 Å². The number of aromatic amines is 1. The zero-order valence-corrected chi connectivity index (χ0v) is 32.2. The summed E-state index contributed by atoms with van der Waals surface area (Å²) in [6, 6.07) is 15.5. The second kappa shape index (κ2) is 18.8. The van der Waals surface area contributed by atoms with E-state index in [-0.39, 0.29) is 29.7 Å². The number of nitrogens with one attached hydrogen (secondary N) is 1. The lowest BCUT2D eigenvalue weighted by atomic mass is 9.86. The molecule has 2 aliphatic rings. The number of carbonyl (C=O) groups excluding carboxylic acids is 5. The van der Waals surface area contributed by atoms with Crippen LogP contribution in [0.2, 0.25) is 0 Å². The third kappa shape index (κ3) is 9.50. The number of piperidine rings is 2. The highest BCUT2D eigenvalue weighted by atomic mass is 16.5. The summed E-state index contributed by atoms with van der Waals surface area (Å²) in [5.74, 6) is 0.120. The van der Waals surface area contributed by atoms with E-state index in [9.17, 15) is 24.0 Å². The van der Waals surface area contributed by atoms with E-state index in [0.717, 1.165) is 98.5 Å². The molecule has 2 saturated heterocycles. The van der Waals surface area contributed by atoms with Crippen LogP contribution in [0.25, 0.3) is 21.8 Å². The van der Waals surface area contributed by atoms with Gasteiger partial charge in [-0.15, -0.1) is 0 Å². The number of nitrogens with zero attached hydrogens (tertiary/aromatic N) is 3. The van der Waals surface area contributed by atoms with Crippen LogP contribution in [0.15, 0.2) is 60.9 Å². The van der Waals surface area contributed by atoms with Crippen molar-refractivity contribution in [2.24, 2.45) is 11.8 Å². The van der Waals surface area contributed by atoms with Crippen LogP contribution in [0.4, 0.5) is 4.79 Å². The van der Waals surface area contributed by atoms with Gasteiger partial charge in [0.05, 0.1) is 38.7 Å². The van der Waals surface area contributed by atoms with Crippen molar-refractivity contribution in [3.8, 4) is 0 Å². The topological polar surface area (TPSA) is 140 Å². The molecule has 12 heteroatoms. The van der Waals surface area contributed by atoms with Crippen molar-refractivity contribution in [3.63, 3.8) is 0 Å². The fraction of sp³-hybridized carbons (Fsp3) is 0.500. The molecule has 0 bridgehead atoms. The van der Waals surface area contributed by atoms with Gasteiger partial charge in [-0.2, -0.15) is 0 Å². The van der Waals surface area contributed by atoms with E-state index in [0.29, 0.717) is 23.8 Å². The number of esters is 2. The Balaban J connectivity index is 0.000000210. The highest BCUT2D eigenvalue weighted by Crippen LogP contribution is 2.35. The molecule has 1 N–H and O–H groups in total. The molecule has 4 heterocycles. The zero-order chi connectivity index (χ0) is 38.8. The molecule has 0 aliphatic carbocycles. The summed E-state index contributed by atoms with van der Waals surface area (Å²) in [4.78, 5) is 67.2. The maximum absolute atomic E-state index is 12.6. The van der Waals surface area contributed by atoms with E-state index in [1.807, 2.05) is 64.5 Å². The van der Waals surface area contributed by atoms with Crippen LogP contribution in [-0.4, -0.2) is 96.7 Å². The van der Waals surface area contributed by atoms with Crippen LogP contribution >= 0.6 is 0 Å². The Bertz CT molecular complexity index is 1920. The van der Waals surface area contributed by atoms with Gasteiger partial charge < -0.3 is 29.0 Å². The molecule has 4 aromatic rings. The first-order valence-corrected chi connectivity index (χ1v) is 19.0. The van der Waals surface area contributed by atoms with Gasteiger partial charge in [-0.3, -0.25) is 23.7 Å². The molecule has 2 aliphatic heterocycles. The second-order valence-electron chi connectivity index (χ2n) is 14.4. The summed E-state index contributed by atoms with van der Waals surface area (Å²) < 4.78 is 16.5. The van der Waals surface area contributed by atoms with Crippen molar-refractivity contribution in [1.82, 2.24) is 19.4 Å². The average Bonchev–Trinajstić information content (AvgIpc) is 3.80. The van der Waals surface area contributed by atoms with Crippen LogP contribution in [0, 0.1) is 11.8 Å². The molecule has 0 radical (unpaired) electrons. The fourth-order valence-electron chi connectivity index (χ4n) is 8.08. The predicted octanol–water partition coefficient (Wildman–Crippen LogP) is 7.01. The molecule has 2 aromatic heterocycles. The number of benzene rings is 2. The van der Waals surface area contributed by atoms with E-state index in [1.54, 1.807) is 20.0 Å². The van der Waals surface area contributed by atoms with E-state index in [2.05, 4.69) is 4.98 Å². The Morgan fingerprint density at radius 3 is 1.65 bits per heavy atom. The maximum Gasteiger partial charge on any atom is 0.418 e. The highest BCUT2D eigenvalue weighted by molar-refractivity contribution is 5.95. The fourth-order valence-corrected chi connectivity index (χ4v) is 8.08. The minimum Gasteiger partial charge on any atom is -0.469 e. The average molecular weight is 743 g/mol. The maximum atomic E-state index is 12.6. The Labute approximate surface area is 317 Å². The number of para-hydroxylation sites is 2. The van der Waals surface area contributed by atoms with Crippen LogP contribution in [0.1, 0.15) is 88.2 Å². The van der Waals surface area contributed by atoms with Gasteiger partial charge in [0.15, 0.2) is 0 Å². The van der Waals surface area contributed by atoms with Crippen molar-refractivity contribution in [2.45, 2.75) is 77.0 Å². The number of H-pyrrole nitrogens is 1. The predicted molar refractivity (Wildman–Crippen MR) is 206 cm³/mol. The van der Waals surface area contributed by atoms with Crippen molar-refractivity contribution in [3.05, 3.63) is 72.1 Å². The van der Waals surface area contributed by atoms with Gasteiger partial charge in [0.2, 0.25) is 11.8 Å². The molecule has 0 spiro atoms. The number of hydrogen-bond donors (Lipinski definition) is 1. The van der Waals surface area contributed by atoms with Crippen molar-refractivity contribution >= 4 is 51.7 Å². The van der Waals surface area contributed by atoms with Crippen molar-refractivity contribution < 1.29 is 38.2 Å². The molecule has 6 rings (SSSR count). The second-order valence-corrected chi connectivity index (χ2v) is 14.4. The quantitative estimate of drug-likeness (QED) is 0.135. The monoisotopic (exact) mass is 742 g/mol. The molecule has 54 heavy (non-hydrogen) atoms. The molecule has 2 unspecified atom stereocenters. The number of rotatable bonds is 10. The van der Waals surface area contributed by atoms with Gasteiger partial charge in [-0.1, -0.05) is 36.4 Å². The molecule has 2 atom stereocenters. The molecule has 2 amide bonds. The molecule has 290 valence electrons. The largest absolute Gasteiger partial charge is 0.469 e. The Kier molecular flexibility index (Phi) is 13.9. The smallest absolute Gasteiger partial charge is 0.418 e. The summed E-state index contributed by atoms with van der Waals surface area (Å²) in [6.45, 7) is 6.43. The molecular formula is C42H54N4O8. The normalized spacial score (nSPS) is 16.3. The number of hydrogen-bond acceptors (Lipinski definition) is 8. The van der Waals surface area contributed by atoms with Gasteiger partial charge >= 0.3 is 18.0 Å². The van der Waals surface area contributed by atoms with Crippen LogP contribution < -0.4 is 0 Å². The van der Waals surface area contributed by atoms with Gasteiger partial charge in [-0.25, -0.2) is 4.79 Å². The van der Waals surface area contributed by atoms with E-state index >= 15 is 0 Å². The Morgan fingerprint density at radius 1 is 0.667 bits per heavy atom. The lowest BCUT2D eigenvalue weighted by molar-refractivity contribution is -0.143. The van der Waals surface area contributed by atoms with E-state index in [1.165, 1.54) is 25.9 Å². The summed E-state index contributed by atoms with van der Waals surface area (Å²) in [7, 11) is 4.18.